The van der Waals surface area contributed by atoms with Crippen LogP contribution in [-0.2, 0) is 11.2 Å². The van der Waals surface area contributed by atoms with Gasteiger partial charge in [0.1, 0.15) is 5.82 Å². The van der Waals surface area contributed by atoms with Gasteiger partial charge >= 0.3 is 0 Å². The zero-order valence-electron chi connectivity index (χ0n) is 16.0. The minimum absolute atomic E-state index is 0.181. The van der Waals surface area contributed by atoms with E-state index in [1.54, 1.807) is 6.20 Å². The fourth-order valence-corrected chi connectivity index (χ4v) is 3.51. The molecule has 1 saturated heterocycles. The highest BCUT2D eigenvalue weighted by atomic mass is 16.1. The lowest BCUT2D eigenvalue weighted by Crippen LogP contribution is -2.36. The van der Waals surface area contributed by atoms with E-state index in [-0.39, 0.29) is 5.91 Å². The molecule has 144 valence electrons. The van der Waals surface area contributed by atoms with Gasteiger partial charge in [-0.3, -0.25) is 4.79 Å². The van der Waals surface area contributed by atoms with Crippen LogP contribution in [0.4, 0.5) is 11.8 Å². The second-order valence-corrected chi connectivity index (χ2v) is 7.06. The van der Waals surface area contributed by atoms with Crippen molar-refractivity contribution in [3.05, 3.63) is 48.2 Å². The molecule has 1 fully saturated rings. The van der Waals surface area contributed by atoms with Gasteiger partial charge in [-0.1, -0.05) is 30.3 Å². The Morgan fingerprint density at radius 3 is 2.70 bits per heavy atom. The van der Waals surface area contributed by atoms with E-state index in [9.17, 15) is 4.79 Å². The molecule has 0 spiro atoms. The number of aromatic nitrogens is 2. The van der Waals surface area contributed by atoms with Gasteiger partial charge in [-0.25, -0.2) is 4.98 Å². The van der Waals surface area contributed by atoms with E-state index in [0.29, 0.717) is 18.3 Å². The summed E-state index contributed by atoms with van der Waals surface area (Å²) in [6, 6.07) is 12.4. The van der Waals surface area contributed by atoms with Crippen molar-refractivity contribution in [2.24, 2.45) is 5.92 Å². The van der Waals surface area contributed by atoms with Crippen LogP contribution in [0.3, 0.4) is 0 Å². The Bertz CT molecular complexity index is 714. The van der Waals surface area contributed by atoms with Gasteiger partial charge in [-0.2, -0.15) is 4.98 Å². The highest BCUT2D eigenvalue weighted by Gasteiger charge is 2.22. The van der Waals surface area contributed by atoms with Crippen LogP contribution < -0.4 is 15.5 Å². The first-order valence-corrected chi connectivity index (χ1v) is 9.81. The molecule has 27 heavy (non-hydrogen) atoms. The summed E-state index contributed by atoms with van der Waals surface area (Å²) in [4.78, 5) is 23.1. The number of benzene rings is 1. The van der Waals surface area contributed by atoms with E-state index in [4.69, 9.17) is 0 Å². The molecule has 0 bridgehead atoms. The molecule has 1 aromatic carbocycles. The van der Waals surface area contributed by atoms with Crippen molar-refractivity contribution in [3.63, 3.8) is 0 Å². The fraction of sp³-hybridized carbons (Fsp3) is 0.476. The molecule has 1 amide bonds. The standard InChI is InChI=1S/C21H29N5O/c1-22-21-24-13-9-19(25-21)26-14-10-18(11-15-26)16-20(27)23-12-5-8-17-6-3-2-4-7-17/h2-4,6-7,9,13,18H,5,8,10-12,14-16H2,1H3,(H,23,27)(H,22,24,25). The molecule has 2 heterocycles. The minimum Gasteiger partial charge on any atom is -0.357 e. The molecule has 2 aromatic rings. The maximum Gasteiger partial charge on any atom is 0.224 e. The zero-order chi connectivity index (χ0) is 18.9. The summed E-state index contributed by atoms with van der Waals surface area (Å²) >= 11 is 0. The van der Waals surface area contributed by atoms with Crippen molar-refractivity contribution in [1.29, 1.82) is 0 Å². The van der Waals surface area contributed by atoms with Crippen molar-refractivity contribution >= 4 is 17.7 Å². The predicted molar refractivity (Wildman–Crippen MR) is 109 cm³/mol. The first kappa shape index (κ1) is 19.1. The molecular formula is C21H29N5O. The van der Waals surface area contributed by atoms with Crippen LogP contribution >= 0.6 is 0 Å². The van der Waals surface area contributed by atoms with E-state index in [2.05, 4.69) is 49.8 Å². The number of hydrogen-bond donors (Lipinski definition) is 2. The summed E-state index contributed by atoms with van der Waals surface area (Å²) in [6.07, 6.45) is 6.45. The van der Waals surface area contributed by atoms with Crippen LogP contribution in [0, 0.1) is 5.92 Å². The first-order chi connectivity index (χ1) is 13.2. The van der Waals surface area contributed by atoms with E-state index >= 15 is 0 Å². The van der Waals surface area contributed by atoms with Crippen LogP contribution in [0.2, 0.25) is 0 Å². The topological polar surface area (TPSA) is 70.2 Å². The van der Waals surface area contributed by atoms with Gasteiger partial charge in [0.05, 0.1) is 0 Å². The Morgan fingerprint density at radius 1 is 1.19 bits per heavy atom. The van der Waals surface area contributed by atoms with Crippen molar-refractivity contribution in [2.45, 2.75) is 32.1 Å². The summed E-state index contributed by atoms with van der Waals surface area (Å²) in [5, 5.41) is 6.05. The number of carbonyl (C=O) groups excluding carboxylic acids is 1. The molecule has 0 aliphatic carbocycles. The number of nitrogens with zero attached hydrogens (tertiary/aromatic N) is 3. The third kappa shape index (κ3) is 5.94. The highest BCUT2D eigenvalue weighted by Crippen LogP contribution is 2.24. The Kier molecular flexibility index (Phi) is 7.02. The Labute approximate surface area is 161 Å². The molecule has 3 rings (SSSR count). The summed E-state index contributed by atoms with van der Waals surface area (Å²) in [5.41, 5.74) is 1.32. The van der Waals surface area contributed by atoms with Crippen LogP contribution in [0.5, 0.6) is 0 Å². The third-order valence-corrected chi connectivity index (χ3v) is 5.08. The highest BCUT2D eigenvalue weighted by molar-refractivity contribution is 5.76. The number of rotatable bonds is 8. The number of aryl methyl sites for hydroxylation is 1. The van der Waals surface area contributed by atoms with Crippen LogP contribution in [0.15, 0.2) is 42.6 Å². The number of hydrogen-bond acceptors (Lipinski definition) is 5. The van der Waals surface area contributed by atoms with Gasteiger partial charge in [0.2, 0.25) is 11.9 Å². The molecule has 6 nitrogen and oxygen atoms in total. The number of anilines is 2. The average molecular weight is 367 g/mol. The monoisotopic (exact) mass is 367 g/mol. The second-order valence-electron chi connectivity index (χ2n) is 7.06. The van der Waals surface area contributed by atoms with Crippen LogP contribution in [0.1, 0.15) is 31.2 Å². The lowest BCUT2D eigenvalue weighted by molar-refractivity contribution is -0.122. The lowest BCUT2D eigenvalue weighted by atomic mass is 9.93. The van der Waals surface area contributed by atoms with Crippen molar-refractivity contribution in [2.75, 3.05) is 36.9 Å². The van der Waals surface area contributed by atoms with Gasteiger partial charge in [-0.15, -0.1) is 0 Å². The molecule has 2 N–H and O–H groups in total. The lowest BCUT2D eigenvalue weighted by Gasteiger charge is -2.32. The van der Waals surface area contributed by atoms with Gasteiger partial charge in [0.25, 0.3) is 0 Å². The summed E-state index contributed by atoms with van der Waals surface area (Å²) in [5.74, 6) is 2.24. The SMILES string of the molecule is CNc1nccc(N2CCC(CC(=O)NCCCc3ccccc3)CC2)n1. The number of amides is 1. The van der Waals surface area contributed by atoms with Crippen molar-refractivity contribution < 1.29 is 4.79 Å². The third-order valence-electron chi connectivity index (χ3n) is 5.08. The van der Waals surface area contributed by atoms with Crippen molar-refractivity contribution in [1.82, 2.24) is 15.3 Å². The average Bonchev–Trinajstić information content (AvgIpc) is 2.72. The molecule has 1 aromatic heterocycles. The number of nitrogens with one attached hydrogen (secondary N) is 2. The Morgan fingerprint density at radius 2 is 1.96 bits per heavy atom. The maximum atomic E-state index is 12.2. The normalized spacial score (nSPS) is 14.8. The molecule has 0 saturated carbocycles. The van der Waals surface area contributed by atoms with Crippen molar-refractivity contribution in [3.8, 4) is 0 Å². The van der Waals surface area contributed by atoms with E-state index in [1.165, 1.54) is 5.56 Å². The predicted octanol–water partition coefficient (Wildman–Crippen LogP) is 2.87. The van der Waals surface area contributed by atoms with E-state index in [0.717, 1.165) is 51.1 Å². The fourth-order valence-electron chi connectivity index (χ4n) is 3.51. The molecule has 6 heteroatoms. The van der Waals surface area contributed by atoms with Gasteiger partial charge < -0.3 is 15.5 Å². The molecule has 0 atom stereocenters. The summed E-state index contributed by atoms with van der Waals surface area (Å²) in [6.45, 7) is 2.62. The van der Waals surface area contributed by atoms with Gasteiger partial charge in [0.15, 0.2) is 0 Å². The van der Waals surface area contributed by atoms with E-state index in [1.807, 2.05) is 19.2 Å². The second kappa shape index (κ2) is 9.90. The summed E-state index contributed by atoms with van der Waals surface area (Å²) in [7, 11) is 1.82. The first-order valence-electron chi connectivity index (χ1n) is 9.81. The number of piperidine rings is 1. The largest absolute Gasteiger partial charge is 0.357 e. The van der Waals surface area contributed by atoms with E-state index < -0.39 is 0 Å². The number of carbonyl (C=O) groups is 1. The molecule has 1 aliphatic rings. The van der Waals surface area contributed by atoms with Crippen LogP contribution in [0.25, 0.3) is 0 Å². The Balaban J connectivity index is 1.34. The summed E-state index contributed by atoms with van der Waals surface area (Å²) < 4.78 is 0. The molecule has 0 radical (unpaired) electrons. The van der Waals surface area contributed by atoms with Crippen LogP contribution in [-0.4, -0.2) is 42.6 Å². The molecule has 1 aliphatic heterocycles. The minimum atomic E-state index is 0.181. The molecular weight excluding hydrogens is 338 g/mol. The van der Waals surface area contributed by atoms with Gasteiger partial charge in [-0.05, 0) is 43.2 Å². The maximum absolute atomic E-state index is 12.2. The zero-order valence-corrected chi connectivity index (χ0v) is 16.0. The smallest absolute Gasteiger partial charge is 0.224 e. The quantitative estimate of drug-likeness (QED) is 0.702. The molecule has 0 unspecified atom stereocenters. The van der Waals surface area contributed by atoms with Gasteiger partial charge in [0, 0.05) is 39.3 Å². The Hall–Kier alpha value is -2.63.